The van der Waals surface area contributed by atoms with Crippen LogP contribution in [0.1, 0.15) is 17.7 Å². The lowest BCUT2D eigenvalue weighted by atomic mass is 10.1. The Morgan fingerprint density at radius 3 is 2.41 bits per heavy atom. The molecule has 116 valence electrons. The zero-order valence-corrected chi connectivity index (χ0v) is 12.7. The molecular weight excluding hydrogens is 282 g/mol. The molecule has 1 aromatic heterocycles. The predicted molar refractivity (Wildman–Crippen MR) is 82.6 cm³/mol. The van der Waals surface area contributed by atoms with Crippen LogP contribution in [-0.2, 0) is 27.3 Å². The largest absolute Gasteiger partial charge is 0.481 e. The standard InChI is InChI=1S/C17H19NO4/c1-12-3-5-13(6-4-12)15-9-7-14(8-10-16(19)20)18(15)11-17(21)22-2/h3-7,9H,8,10-11H2,1-2H3,(H,19,20). The number of carboxylic acids is 1. The van der Waals surface area contributed by atoms with Crippen molar-refractivity contribution in [2.24, 2.45) is 0 Å². The lowest BCUT2D eigenvalue weighted by Gasteiger charge is -2.12. The van der Waals surface area contributed by atoms with Crippen molar-refractivity contribution in [3.05, 3.63) is 47.7 Å². The molecule has 1 N–H and O–H groups in total. The van der Waals surface area contributed by atoms with E-state index in [0.717, 1.165) is 22.5 Å². The Balaban J connectivity index is 2.37. The summed E-state index contributed by atoms with van der Waals surface area (Å²) in [4.78, 5) is 22.4. The Labute approximate surface area is 129 Å². The van der Waals surface area contributed by atoms with Crippen molar-refractivity contribution in [1.29, 1.82) is 0 Å². The molecule has 1 heterocycles. The van der Waals surface area contributed by atoms with Crippen LogP contribution in [0.15, 0.2) is 36.4 Å². The number of esters is 1. The van der Waals surface area contributed by atoms with Crippen molar-refractivity contribution in [2.45, 2.75) is 26.3 Å². The molecule has 0 aliphatic carbocycles. The number of rotatable bonds is 6. The number of hydrogen-bond acceptors (Lipinski definition) is 3. The lowest BCUT2D eigenvalue weighted by molar-refractivity contribution is -0.141. The van der Waals surface area contributed by atoms with Crippen LogP contribution in [0.3, 0.4) is 0 Å². The van der Waals surface area contributed by atoms with Gasteiger partial charge in [0, 0.05) is 11.4 Å². The second-order valence-electron chi connectivity index (χ2n) is 5.13. The minimum absolute atomic E-state index is 0.0263. The smallest absolute Gasteiger partial charge is 0.325 e. The lowest BCUT2D eigenvalue weighted by Crippen LogP contribution is -2.15. The first-order chi connectivity index (χ1) is 10.5. The summed E-state index contributed by atoms with van der Waals surface area (Å²) in [6.45, 7) is 2.08. The Bertz CT molecular complexity index is 670. The topological polar surface area (TPSA) is 68.5 Å². The minimum atomic E-state index is -0.859. The van der Waals surface area contributed by atoms with Gasteiger partial charge in [-0.2, -0.15) is 0 Å². The number of carboxylic acid groups (broad SMARTS) is 1. The number of carbonyl (C=O) groups is 2. The molecule has 0 spiro atoms. The van der Waals surface area contributed by atoms with Crippen molar-refractivity contribution < 1.29 is 19.4 Å². The van der Waals surface area contributed by atoms with Crippen molar-refractivity contribution in [3.8, 4) is 11.3 Å². The third-order valence-corrected chi connectivity index (χ3v) is 3.53. The Hall–Kier alpha value is -2.56. The summed E-state index contributed by atoms with van der Waals surface area (Å²) in [5.74, 6) is -1.22. The SMILES string of the molecule is COC(=O)Cn1c(CCC(=O)O)ccc1-c1ccc(C)cc1. The Kier molecular flexibility index (Phi) is 4.99. The van der Waals surface area contributed by atoms with Crippen LogP contribution in [0.25, 0.3) is 11.3 Å². The second kappa shape index (κ2) is 6.93. The van der Waals surface area contributed by atoms with E-state index in [4.69, 9.17) is 9.84 Å². The maximum atomic E-state index is 11.6. The molecular formula is C17H19NO4. The molecule has 2 aromatic rings. The van der Waals surface area contributed by atoms with Crippen LogP contribution in [0.5, 0.6) is 0 Å². The molecule has 0 aliphatic heterocycles. The third-order valence-electron chi connectivity index (χ3n) is 3.53. The van der Waals surface area contributed by atoms with Gasteiger partial charge in [-0.25, -0.2) is 0 Å². The first-order valence-electron chi connectivity index (χ1n) is 7.05. The van der Waals surface area contributed by atoms with E-state index >= 15 is 0 Å². The van der Waals surface area contributed by atoms with E-state index in [1.54, 1.807) is 0 Å². The van der Waals surface area contributed by atoms with Gasteiger partial charge in [0.1, 0.15) is 6.54 Å². The molecule has 0 bridgehead atoms. The monoisotopic (exact) mass is 301 g/mol. The maximum absolute atomic E-state index is 11.6. The molecule has 5 nitrogen and oxygen atoms in total. The van der Waals surface area contributed by atoms with Gasteiger partial charge in [-0.05, 0) is 31.0 Å². The highest BCUT2D eigenvalue weighted by atomic mass is 16.5. The van der Waals surface area contributed by atoms with Gasteiger partial charge < -0.3 is 14.4 Å². The molecule has 0 aliphatic rings. The van der Waals surface area contributed by atoms with Crippen LogP contribution in [0, 0.1) is 6.92 Å². The average Bonchev–Trinajstić information content (AvgIpc) is 2.88. The molecule has 0 atom stereocenters. The highest BCUT2D eigenvalue weighted by molar-refractivity contribution is 5.72. The number of nitrogens with zero attached hydrogens (tertiary/aromatic N) is 1. The Morgan fingerprint density at radius 1 is 1.14 bits per heavy atom. The number of carbonyl (C=O) groups excluding carboxylic acids is 1. The van der Waals surface area contributed by atoms with Crippen LogP contribution >= 0.6 is 0 Å². The summed E-state index contributed by atoms with van der Waals surface area (Å²) in [6, 6.07) is 11.7. The Morgan fingerprint density at radius 2 is 1.82 bits per heavy atom. The van der Waals surface area contributed by atoms with Gasteiger partial charge in [-0.15, -0.1) is 0 Å². The van der Waals surface area contributed by atoms with Crippen LogP contribution in [0.4, 0.5) is 0 Å². The molecule has 0 fully saturated rings. The number of aromatic nitrogens is 1. The van der Waals surface area contributed by atoms with E-state index in [2.05, 4.69) is 0 Å². The number of ether oxygens (including phenoxy) is 1. The fraction of sp³-hybridized carbons (Fsp3) is 0.294. The number of benzene rings is 1. The molecule has 0 radical (unpaired) electrons. The van der Waals surface area contributed by atoms with Crippen molar-refractivity contribution >= 4 is 11.9 Å². The number of aliphatic carboxylic acids is 1. The van der Waals surface area contributed by atoms with Crippen molar-refractivity contribution in [3.63, 3.8) is 0 Å². The van der Waals surface area contributed by atoms with Gasteiger partial charge in [-0.3, -0.25) is 9.59 Å². The predicted octanol–water partition coefficient (Wildman–Crippen LogP) is 2.65. The highest BCUT2D eigenvalue weighted by Crippen LogP contribution is 2.24. The quantitative estimate of drug-likeness (QED) is 0.833. The van der Waals surface area contributed by atoms with E-state index in [9.17, 15) is 9.59 Å². The summed E-state index contributed by atoms with van der Waals surface area (Å²) in [6.07, 6.45) is 0.400. The van der Waals surface area contributed by atoms with Crippen LogP contribution in [-0.4, -0.2) is 28.7 Å². The molecule has 0 amide bonds. The highest BCUT2D eigenvalue weighted by Gasteiger charge is 2.14. The summed E-state index contributed by atoms with van der Waals surface area (Å²) >= 11 is 0. The molecule has 0 unspecified atom stereocenters. The van der Waals surface area contributed by atoms with Gasteiger partial charge >= 0.3 is 11.9 Å². The fourth-order valence-electron chi connectivity index (χ4n) is 2.32. The first-order valence-corrected chi connectivity index (χ1v) is 7.05. The van der Waals surface area contributed by atoms with Gasteiger partial charge in [0.15, 0.2) is 0 Å². The van der Waals surface area contributed by atoms with Crippen LogP contribution < -0.4 is 0 Å². The summed E-state index contributed by atoms with van der Waals surface area (Å²) in [5, 5.41) is 8.85. The van der Waals surface area contributed by atoms with Gasteiger partial charge in [-0.1, -0.05) is 29.8 Å². The summed E-state index contributed by atoms with van der Waals surface area (Å²) in [7, 11) is 1.34. The van der Waals surface area contributed by atoms with E-state index in [1.165, 1.54) is 7.11 Å². The third kappa shape index (κ3) is 3.75. The summed E-state index contributed by atoms with van der Waals surface area (Å²) in [5.41, 5.74) is 3.83. The van der Waals surface area contributed by atoms with Gasteiger partial charge in [0.2, 0.25) is 0 Å². The molecule has 2 rings (SSSR count). The first kappa shape index (κ1) is 15.8. The number of methoxy groups -OCH3 is 1. The van der Waals surface area contributed by atoms with E-state index < -0.39 is 5.97 Å². The maximum Gasteiger partial charge on any atom is 0.325 e. The van der Waals surface area contributed by atoms with Crippen molar-refractivity contribution in [1.82, 2.24) is 4.57 Å². The van der Waals surface area contributed by atoms with E-state index in [0.29, 0.717) is 6.42 Å². The molecule has 22 heavy (non-hydrogen) atoms. The second-order valence-corrected chi connectivity index (χ2v) is 5.13. The molecule has 5 heteroatoms. The normalized spacial score (nSPS) is 10.5. The number of aryl methyl sites for hydroxylation is 2. The average molecular weight is 301 g/mol. The minimum Gasteiger partial charge on any atom is -0.481 e. The van der Waals surface area contributed by atoms with Crippen LogP contribution in [0.2, 0.25) is 0 Å². The number of hydrogen-bond donors (Lipinski definition) is 1. The molecule has 1 aromatic carbocycles. The van der Waals surface area contributed by atoms with Crippen molar-refractivity contribution in [2.75, 3.05) is 7.11 Å². The van der Waals surface area contributed by atoms with Gasteiger partial charge in [0.25, 0.3) is 0 Å². The zero-order valence-electron chi connectivity index (χ0n) is 12.7. The van der Waals surface area contributed by atoms with Gasteiger partial charge in [0.05, 0.1) is 13.5 Å². The molecule has 0 saturated heterocycles. The fourth-order valence-corrected chi connectivity index (χ4v) is 2.32. The van der Waals surface area contributed by atoms with E-state index in [1.807, 2.05) is 47.9 Å². The summed E-state index contributed by atoms with van der Waals surface area (Å²) < 4.78 is 6.56. The molecule has 0 saturated carbocycles. The zero-order chi connectivity index (χ0) is 16.1. The van der Waals surface area contributed by atoms with E-state index in [-0.39, 0.29) is 18.9 Å².